The number of nitro groups is 1. The van der Waals surface area contributed by atoms with Crippen LogP contribution in [-0.2, 0) is 18.5 Å². The number of aryl methyl sites for hydroxylation is 1. The Hall–Kier alpha value is -4.10. The first kappa shape index (κ1) is 18.7. The molecule has 0 radical (unpaired) electrons. The molecule has 3 rings (SSSR count). The Morgan fingerprint density at radius 3 is 2.79 bits per heavy atom. The third-order valence-corrected chi connectivity index (χ3v) is 3.52. The normalized spacial score (nSPS) is 10.6. The lowest BCUT2D eigenvalue weighted by Crippen LogP contribution is -2.19. The lowest BCUT2D eigenvalue weighted by Gasteiger charge is -2.07. The number of hydrogen-bond donors (Lipinski definition) is 1. The molecule has 0 aromatic carbocycles. The molecule has 146 valence electrons. The van der Waals surface area contributed by atoms with Crippen LogP contribution in [0.15, 0.2) is 24.8 Å². The summed E-state index contributed by atoms with van der Waals surface area (Å²) < 4.78 is 8.81. The second-order valence-electron chi connectivity index (χ2n) is 5.43. The van der Waals surface area contributed by atoms with Crippen LogP contribution in [0.1, 0.15) is 27.8 Å². The summed E-state index contributed by atoms with van der Waals surface area (Å²) in [6.45, 7) is 1.88. The van der Waals surface area contributed by atoms with Crippen LogP contribution >= 0.6 is 0 Å². The van der Waals surface area contributed by atoms with Crippen LogP contribution in [0.3, 0.4) is 0 Å². The highest BCUT2D eigenvalue weighted by Crippen LogP contribution is 2.16. The van der Waals surface area contributed by atoms with Gasteiger partial charge < -0.3 is 20.2 Å². The van der Waals surface area contributed by atoms with Crippen molar-refractivity contribution in [1.82, 2.24) is 34.3 Å². The largest absolute Gasteiger partial charge is 0.491 e. The standard InChI is InChI=1S/C14H15N9O5/c1-3-28-13(25)9-6-16-20(2)11(9)17-12(24)10-4-5-21(18-10)8-22-7-15-14(19-22)23(26)27/h4-7H,3,8H2,1-2H3,(H,17,24). The minimum absolute atomic E-state index is 0.0217. The van der Waals surface area contributed by atoms with Crippen molar-refractivity contribution in [1.29, 1.82) is 0 Å². The van der Waals surface area contributed by atoms with Gasteiger partial charge in [0, 0.05) is 18.3 Å². The van der Waals surface area contributed by atoms with Crippen molar-refractivity contribution in [2.24, 2.45) is 7.05 Å². The Morgan fingerprint density at radius 1 is 1.32 bits per heavy atom. The van der Waals surface area contributed by atoms with E-state index in [4.69, 9.17) is 4.74 Å². The Kier molecular flexibility index (Phi) is 5.10. The second-order valence-corrected chi connectivity index (χ2v) is 5.43. The van der Waals surface area contributed by atoms with Gasteiger partial charge in [-0.1, -0.05) is 4.98 Å². The van der Waals surface area contributed by atoms with Crippen LogP contribution < -0.4 is 5.32 Å². The number of hydrogen-bond acceptors (Lipinski definition) is 9. The Morgan fingerprint density at radius 2 is 2.11 bits per heavy atom. The van der Waals surface area contributed by atoms with E-state index in [-0.39, 0.29) is 30.4 Å². The minimum Gasteiger partial charge on any atom is -0.462 e. The van der Waals surface area contributed by atoms with E-state index < -0.39 is 22.7 Å². The van der Waals surface area contributed by atoms with Gasteiger partial charge in [0.2, 0.25) is 6.33 Å². The van der Waals surface area contributed by atoms with Crippen molar-refractivity contribution in [2.75, 3.05) is 11.9 Å². The predicted molar refractivity (Wildman–Crippen MR) is 91.4 cm³/mol. The number of ether oxygens (including phenoxy) is 1. The summed E-state index contributed by atoms with van der Waals surface area (Å²) >= 11 is 0. The maximum Gasteiger partial charge on any atom is 0.491 e. The third kappa shape index (κ3) is 3.84. The Bertz CT molecular complexity index is 1030. The first-order valence-electron chi connectivity index (χ1n) is 7.96. The summed E-state index contributed by atoms with van der Waals surface area (Å²) in [6.07, 6.45) is 3.97. The van der Waals surface area contributed by atoms with Crippen molar-refractivity contribution in [2.45, 2.75) is 13.6 Å². The van der Waals surface area contributed by atoms with Crippen molar-refractivity contribution < 1.29 is 19.2 Å². The molecule has 0 bridgehead atoms. The van der Waals surface area contributed by atoms with E-state index in [1.807, 2.05) is 0 Å². The number of carbonyl (C=O) groups excluding carboxylic acids is 2. The Labute approximate surface area is 156 Å². The summed E-state index contributed by atoms with van der Waals surface area (Å²) in [6, 6.07) is 1.45. The van der Waals surface area contributed by atoms with E-state index >= 15 is 0 Å². The number of nitrogens with zero attached hydrogens (tertiary/aromatic N) is 8. The number of rotatable bonds is 7. The fourth-order valence-corrected chi connectivity index (χ4v) is 2.26. The van der Waals surface area contributed by atoms with E-state index in [1.54, 1.807) is 14.0 Å². The molecule has 0 aliphatic rings. The summed E-state index contributed by atoms with van der Waals surface area (Å²) in [4.78, 5) is 37.8. The quantitative estimate of drug-likeness (QED) is 0.334. The molecule has 1 N–H and O–H groups in total. The van der Waals surface area contributed by atoms with E-state index in [2.05, 4.69) is 25.6 Å². The first-order valence-corrected chi connectivity index (χ1v) is 7.96. The number of nitrogens with one attached hydrogen (secondary N) is 1. The molecule has 0 saturated heterocycles. The molecular formula is C14H15N9O5. The summed E-state index contributed by atoms with van der Waals surface area (Å²) in [7, 11) is 1.56. The van der Waals surface area contributed by atoms with Crippen molar-refractivity contribution >= 4 is 23.6 Å². The molecular weight excluding hydrogens is 374 g/mol. The molecule has 0 saturated carbocycles. The smallest absolute Gasteiger partial charge is 0.462 e. The number of carbonyl (C=O) groups is 2. The van der Waals surface area contributed by atoms with Gasteiger partial charge in [-0.05, 0) is 17.9 Å². The van der Waals surface area contributed by atoms with Crippen LogP contribution in [0, 0.1) is 10.1 Å². The third-order valence-electron chi connectivity index (χ3n) is 3.52. The fraction of sp³-hybridized carbons (Fsp3) is 0.286. The van der Waals surface area contributed by atoms with Crippen LogP contribution in [0.4, 0.5) is 11.8 Å². The van der Waals surface area contributed by atoms with E-state index in [9.17, 15) is 19.7 Å². The van der Waals surface area contributed by atoms with Gasteiger partial charge in [0.1, 0.15) is 11.4 Å². The first-order chi connectivity index (χ1) is 13.4. The Balaban J connectivity index is 1.72. The van der Waals surface area contributed by atoms with Gasteiger partial charge in [-0.3, -0.25) is 9.48 Å². The van der Waals surface area contributed by atoms with Crippen LogP contribution in [-0.4, -0.2) is 57.7 Å². The highest BCUT2D eigenvalue weighted by atomic mass is 16.6. The minimum atomic E-state index is -0.715. The molecule has 14 heteroatoms. The van der Waals surface area contributed by atoms with Gasteiger partial charge >= 0.3 is 11.9 Å². The lowest BCUT2D eigenvalue weighted by molar-refractivity contribution is -0.394. The van der Waals surface area contributed by atoms with Crippen LogP contribution in [0.5, 0.6) is 0 Å². The zero-order valence-corrected chi connectivity index (χ0v) is 14.8. The van der Waals surface area contributed by atoms with E-state index in [0.717, 1.165) is 0 Å². The monoisotopic (exact) mass is 389 g/mol. The molecule has 0 unspecified atom stereocenters. The maximum absolute atomic E-state index is 12.5. The molecule has 3 aromatic heterocycles. The van der Waals surface area contributed by atoms with Gasteiger partial charge in [0.05, 0.1) is 12.8 Å². The van der Waals surface area contributed by atoms with Gasteiger partial charge in [-0.2, -0.15) is 14.9 Å². The number of esters is 1. The summed E-state index contributed by atoms with van der Waals surface area (Å²) in [5.41, 5.74) is 0.178. The molecule has 28 heavy (non-hydrogen) atoms. The molecule has 0 aliphatic carbocycles. The highest BCUT2D eigenvalue weighted by molar-refractivity contribution is 6.06. The van der Waals surface area contributed by atoms with Gasteiger partial charge in [-0.15, -0.1) is 0 Å². The zero-order chi connectivity index (χ0) is 20.3. The summed E-state index contributed by atoms with van der Waals surface area (Å²) in [5, 5.41) is 24.9. The lowest BCUT2D eigenvalue weighted by atomic mass is 10.3. The fourth-order valence-electron chi connectivity index (χ4n) is 2.26. The number of anilines is 1. The predicted octanol–water partition coefficient (Wildman–Crippen LogP) is 0.0511. The molecule has 0 fully saturated rings. The summed E-state index contributed by atoms with van der Waals surface area (Å²) in [5.74, 6) is -1.54. The highest BCUT2D eigenvalue weighted by Gasteiger charge is 2.21. The molecule has 3 aromatic rings. The topological polar surface area (TPSA) is 165 Å². The SMILES string of the molecule is CCOC(=O)c1cnn(C)c1NC(=O)c1ccn(Cn2cnc([N+](=O)[O-])n2)n1. The van der Waals surface area contributed by atoms with Crippen LogP contribution in [0.25, 0.3) is 0 Å². The molecule has 1 amide bonds. The average molecular weight is 389 g/mol. The van der Waals surface area contributed by atoms with Gasteiger partial charge in [0.15, 0.2) is 12.4 Å². The van der Waals surface area contributed by atoms with Crippen LogP contribution in [0.2, 0.25) is 0 Å². The van der Waals surface area contributed by atoms with E-state index in [1.165, 1.54) is 38.8 Å². The van der Waals surface area contributed by atoms with Crippen molar-refractivity contribution in [3.63, 3.8) is 0 Å². The maximum atomic E-state index is 12.5. The van der Waals surface area contributed by atoms with Gasteiger partial charge in [0.25, 0.3) is 5.91 Å². The molecule has 14 nitrogen and oxygen atoms in total. The second kappa shape index (κ2) is 7.65. The molecule has 0 atom stereocenters. The average Bonchev–Trinajstić information content (AvgIpc) is 3.37. The zero-order valence-electron chi connectivity index (χ0n) is 14.8. The molecule has 0 spiro atoms. The molecule has 3 heterocycles. The van der Waals surface area contributed by atoms with Crippen molar-refractivity contribution in [3.8, 4) is 0 Å². The number of amides is 1. The van der Waals surface area contributed by atoms with E-state index in [0.29, 0.717) is 0 Å². The molecule has 0 aliphatic heterocycles. The van der Waals surface area contributed by atoms with Crippen molar-refractivity contribution in [3.05, 3.63) is 46.2 Å². The number of aromatic nitrogens is 7. The van der Waals surface area contributed by atoms with Gasteiger partial charge in [-0.25, -0.2) is 9.48 Å².